The number of hydrogen-bond donors (Lipinski definition) is 1. The summed E-state index contributed by atoms with van der Waals surface area (Å²) in [5.41, 5.74) is 0.737. The number of nitrogens with one attached hydrogen (secondary N) is 1. The van der Waals surface area contributed by atoms with Gasteiger partial charge < -0.3 is 10.1 Å². The van der Waals surface area contributed by atoms with Crippen molar-refractivity contribution in [1.29, 1.82) is 0 Å². The third-order valence-electron chi connectivity index (χ3n) is 5.13. The predicted octanol–water partition coefficient (Wildman–Crippen LogP) is 7.55. The van der Waals surface area contributed by atoms with Crippen molar-refractivity contribution in [3.05, 3.63) is 87.9 Å². The normalized spacial score (nSPS) is 11.6. The summed E-state index contributed by atoms with van der Waals surface area (Å²) >= 11 is 11.9. The number of benzene rings is 3. The minimum atomic E-state index is -4.51. The van der Waals surface area contributed by atoms with E-state index < -0.39 is 11.7 Å². The third kappa shape index (κ3) is 6.42. The minimum absolute atomic E-state index is 0.0399. The lowest BCUT2D eigenvalue weighted by Crippen LogP contribution is -2.12. The Labute approximate surface area is 221 Å². The van der Waals surface area contributed by atoms with Crippen molar-refractivity contribution in [2.75, 3.05) is 11.9 Å². The molecule has 4 aromatic rings. The standard InChI is InChI=1S/C26H21Cl2F3N4O2/c1-15(2)14-37-25-33-23(16-4-3-5-18(12-16)26(29,30)31)35(34-25)20-9-7-19(8-10-20)32-24(36)17-6-11-21(27)22(28)13-17/h3-13,15H,14H2,1-2H3,(H,32,36). The van der Waals surface area contributed by atoms with Gasteiger partial charge in [-0.2, -0.15) is 18.2 Å². The number of ether oxygens (including phenoxy) is 1. The fourth-order valence-corrected chi connectivity index (χ4v) is 3.62. The summed E-state index contributed by atoms with van der Waals surface area (Å²) in [4.78, 5) is 16.9. The summed E-state index contributed by atoms with van der Waals surface area (Å²) < 4.78 is 47.0. The quantitative estimate of drug-likeness (QED) is 0.259. The van der Waals surface area contributed by atoms with Gasteiger partial charge >= 0.3 is 12.2 Å². The molecule has 0 atom stereocenters. The molecular formula is C26H21Cl2F3N4O2. The summed E-state index contributed by atoms with van der Waals surface area (Å²) in [6.45, 7) is 4.25. The zero-order valence-corrected chi connectivity index (χ0v) is 21.2. The highest BCUT2D eigenvalue weighted by molar-refractivity contribution is 6.42. The van der Waals surface area contributed by atoms with Crippen LogP contribution in [0.5, 0.6) is 6.01 Å². The Hall–Kier alpha value is -3.56. The van der Waals surface area contributed by atoms with Gasteiger partial charge in [0.25, 0.3) is 5.91 Å². The average molecular weight is 549 g/mol. The Kier molecular flexibility index (Phi) is 7.75. The van der Waals surface area contributed by atoms with Crippen LogP contribution in [0.15, 0.2) is 66.7 Å². The van der Waals surface area contributed by atoms with Gasteiger partial charge in [0.2, 0.25) is 0 Å². The monoisotopic (exact) mass is 548 g/mol. The van der Waals surface area contributed by atoms with Gasteiger partial charge in [-0.3, -0.25) is 4.79 Å². The first-order chi connectivity index (χ1) is 17.5. The molecule has 1 N–H and O–H groups in total. The first-order valence-electron chi connectivity index (χ1n) is 11.2. The predicted molar refractivity (Wildman–Crippen MR) is 137 cm³/mol. The third-order valence-corrected chi connectivity index (χ3v) is 5.87. The molecule has 0 radical (unpaired) electrons. The van der Waals surface area contributed by atoms with Gasteiger partial charge in [-0.1, -0.05) is 49.2 Å². The molecule has 6 nitrogen and oxygen atoms in total. The average Bonchev–Trinajstić information content (AvgIpc) is 3.29. The van der Waals surface area contributed by atoms with Crippen LogP contribution in [-0.4, -0.2) is 27.3 Å². The van der Waals surface area contributed by atoms with E-state index in [9.17, 15) is 18.0 Å². The van der Waals surface area contributed by atoms with Crippen LogP contribution in [0.1, 0.15) is 29.8 Å². The molecule has 0 unspecified atom stereocenters. The zero-order chi connectivity index (χ0) is 26.7. The number of halogens is 5. The van der Waals surface area contributed by atoms with Crippen LogP contribution in [0.2, 0.25) is 10.0 Å². The first kappa shape index (κ1) is 26.5. The molecule has 0 aliphatic rings. The van der Waals surface area contributed by atoms with E-state index in [1.807, 2.05) is 13.8 Å². The fourth-order valence-electron chi connectivity index (χ4n) is 3.32. The highest BCUT2D eigenvalue weighted by Crippen LogP contribution is 2.33. The summed E-state index contributed by atoms with van der Waals surface area (Å²) in [6.07, 6.45) is -4.51. The van der Waals surface area contributed by atoms with E-state index in [0.29, 0.717) is 28.6 Å². The first-order valence-corrected chi connectivity index (χ1v) is 11.9. The van der Waals surface area contributed by atoms with E-state index >= 15 is 0 Å². The smallest absolute Gasteiger partial charge is 0.416 e. The molecule has 192 valence electrons. The van der Waals surface area contributed by atoms with Crippen molar-refractivity contribution in [2.45, 2.75) is 20.0 Å². The maximum Gasteiger partial charge on any atom is 0.416 e. The van der Waals surface area contributed by atoms with Crippen molar-refractivity contribution >= 4 is 34.8 Å². The maximum atomic E-state index is 13.3. The molecule has 0 saturated carbocycles. The van der Waals surface area contributed by atoms with Crippen LogP contribution < -0.4 is 10.1 Å². The van der Waals surface area contributed by atoms with Gasteiger partial charge in [0, 0.05) is 16.8 Å². The van der Waals surface area contributed by atoms with Gasteiger partial charge in [0.05, 0.1) is 27.9 Å². The number of rotatable bonds is 7. The van der Waals surface area contributed by atoms with Gasteiger partial charge in [0.15, 0.2) is 5.82 Å². The lowest BCUT2D eigenvalue weighted by Gasteiger charge is -2.10. The number of anilines is 1. The number of aromatic nitrogens is 3. The van der Waals surface area contributed by atoms with E-state index in [1.165, 1.54) is 28.9 Å². The summed E-state index contributed by atoms with van der Waals surface area (Å²) in [5.74, 6) is -0.0130. The van der Waals surface area contributed by atoms with Crippen LogP contribution in [0, 0.1) is 5.92 Å². The molecule has 3 aromatic carbocycles. The SMILES string of the molecule is CC(C)COc1nc(-c2cccc(C(F)(F)F)c2)n(-c2ccc(NC(=O)c3ccc(Cl)c(Cl)c3)cc2)n1. The van der Waals surface area contributed by atoms with Crippen LogP contribution in [-0.2, 0) is 6.18 Å². The molecular weight excluding hydrogens is 528 g/mol. The number of alkyl halides is 3. The van der Waals surface area contributed by atoms with Crippen molar-refractivity contribution in [3.8, 4) is 23.1 Å². The van der Waals surface area contributed by atoms with Crippen molar-refractivity contribution < 1.29 is 22.7 Å². The van der Waals surface area contributed by atoms with Gasteiger partial charge in [-0.25, -0.2) is 4.68 Å². The van der Waals surface area contributed by atoms with Crippen molar-refractivity contribution in [3.63, 3.8) is 0 Å². The maximum absolute atomic E-state index is 13.3. The van der Waals surface area contributed by atoms with Crippen LogP contribution >= 0.6 is 23.2 Å². The largest absolute Gasteiger partial charge is 0.462 e. The lowest BCUT2D eigenvalue weighted by molar-refractivity contribution is -0.137. The molecule has 0 aliphatic carbocycles. The Bertz CT molecular complexity index is 1420. The molecule has 4 rings (SSSR count). The zero-order valence-electron chi connectivity index (χ0n) is 19.7. The second-order valence-electron chi connectivity index (χ2n) is 8.54. The van der Waals surface area contributed by atoms with Crippen molar-refractivity contribution in [1.82, 2.24) is 14.8 Å². The second kappa shape index (κ2) is 10.8. The van der Waals surface area contributed by atoms with E-state index in [1.54, 1.807) is 30.3 Å². The van der Waals surface area contributed by atoms with E-state index in [0.717, 1.165) is 12.1 Å². The number of nitrogens with zero attached hydrogens (tertiary/aromatic N) is 3. The van der Waals surface area contributed by atoms with Gasteiger partial charge in [-0.05, 0) is 60.5 Å². The molecule has 37 heavy (non-hydrogen) atoms. The lowest BCUT2D eigenvalue weighted by atomic mass is 10.1. The highest BCUT2D eigenvalue weighted by atomic mass is 35.5. The fraction of sp³-hybridized carbons (Fsp3) is 0.192. The summed E-state index contributed by atoms with van der Waals surface area (Å²) in [6, 6.07) is 16.0. The number of carbonyl (C=O) groups excluding carboxylic acids is 1. The number of carbonyl (C=O) groups is 1. The van der Waals surface area contributed by atoms with Crippen molar-refractivity contribution in [2.24, 2.45) is 5.92 Å². The minimum Gasteiger partial charge on any atom is -0.462 e. The van der Waals surface area contributed by atoms with Crippen LogP contribution in [0.4, 0.5) is 18.9 Å². The molecule has 0 bridgehead atoms. The summed E-state index contributed by atoms with van der Waals surface area (Å²) in [5, 5.41) is 7.72. The second-order valence-corrected chi connectivity index (χ2v) is 9.36. The molecule has 1 amide bonds. The highest BCUT2D eigenvalue weighted by Gasteiger charge is 2.31. The number of amides is 1. The summed E-state index contributed by atoms with van der Waals surface area (Å²) in [7, 11) is 0. The van der Waals surface area contributed by atoms with E-state index in [-0.39, 0.29) is 34.2 Å². The Morgan fingerprint density at radius 1 is 1.03 bits per heavy atom. The molecule has 0 fully saturated rings. The molecule has 0 saturated heterocycles. The Balaban J connectivity index is 1.64. The molecule has 11 heteroatoms. The number of hydrogen-bond acceptors (Lipinski definition) is 4. The van der Waals surface area contributed by atoms with Gasteiger partial charge in [-0.15, -0.1) is 5.10 Å². The Morgan fingerprint density at radius 3 is 2.41 bits per heavy atom. The molecule has 0 spiro atoms. The molecule has 0 aliphatic heterocycles. The van der Waals surface area contributed by atoms with E-state index in [4.69, 9.17) is 27.9 Å². The van der Waals surface area contributed by atoms with E-state index in [2.05, 4.69) is 15.4 Å². The van der Waals surface area contributed by atoms with Gasteiger partial charge in [0.1, 0.15) is 0 Å². The molecule has 1 aromatic heterocycles. The van der Waals surface area contributed by atoms with Crippen LogP contribution in [0.3, 0.4) is 0 Å². The molecule has 1 heterocycles. The Morgan fingerprint density at radius 2 is 1.76 bits per heavy atom. The topological polar surface area (TPSA) is 69.0 Å². The van der Waals surface area contributed by atoms with Crippen LogP contribution in [0.25, 0.3) is 17.1 Å².